The van der Waals surface area contributed by atoms with Crippen LogP contribution in [0.15, 0.2) is 53.1 Å². The summed E-state index contributed by atoms with van der Waals surface area (Å²) in [6.45, 7) is 5.28. The Hall–Kier alpha value is -3.35. The molecule has 7 nitrogen and oxygen atoms in total. The van der Waals surface area contributed by atoms with Gasteiger partial charge < -0.3 is 20.0 Å². The standard InChI is InChI=1S/C22H26N4O3/c1-3-12-23-21(27)19-15-29-20(24-19)14-26(13-4-2)22(28)25-18-11-7-9-16-8-5-6-10-17(16)18/h5-11,15H,3-4,12-14H2,1-2H3,(H,23,27)(H,25,28). The summed E-state index contributed by atoms with van der Waals surface area (Å²) < 4.78 is 5.42. The van der Waals surface area contributed by atoms with E-state index in [4.69, 9.17) is 4.42 Å². The van der Waals surface area contributed by atoms with Gasteiger partial charge in [-0.05, 0) is 24.3 Å². The smallest absolute Gasteiger partial charge is 0.322 e. The first-order chi connectivity index (χ1) is 14.1. The first-order valence-corrected chi connectivity index (χ1v) is 9.88. The minimum Gasteiger partial charge on any atom is -0.446 e. The highest BCUT2D eigenvalue weighted by Gasteiger charge is 2.18. The summed E-state index contributed by atoms with van der Waals surface area (Å²) in [5, 5.41) is 7.78. The number of nitrogens with one attached hydrogen (secondary N) is 2. The highest BCUT2D eigenvalue weighted by Crippen LogP contribution is 2.23. The Morgan fingerprint density at radius 1 is 1.07 bits per heavy atom. The van der Waals surface area contributed by atoms with Crippen LogP contribution in [0.3, 0.4) is 0 Å². The third-order valence-corrected chi connectivity index (χ3v) is 4.46. The number of carbonyl (C=O) groups excluding carboxylic acids is 2. The third kappa shape index (κ3) is 5.13. The van der Waals surface area contributed by atoms with E-state index in [1.807, 2.05) is 56.3 Å². The van der Waals surface area contributed by atoms with E-state index in [0.717, 1.165) is 29.3 Å². The Morgan fingerprint density at radius 3 is 2.66 bits per heavy atom. The molecule has 3 aromatic rings. The fraction of sp³-hybridized carbons (Fsp3) is 0.318. The maximum atomic E-state index is 12.9. The second kappa shape index (κ2) is 9.73. The summed E-state index contributed by atoms with van der Waals surface area (Å²) in [6, 6.07) is 13.5. The van der Waals surface area contributed by atoms with Gasteiger partial charge >= 0.3 is 6.03 Å². The van der Waals surface area contributed by atoms with Crippen molar-refractivity contribution < 1.29 is 14.0 Å². The lowest BCUT2D eigenvalue weighted by atomic mass is 10.1. The van der Waals surface area contributed by atoms with Gasteiger partial charge in [0.1, 0.15) is 6.26 Å². The molecular weight excluding hydrogens is 368 g/mol. The van der Waals surface area contributed by atoms with Crippen molar-refractivity contribution in [3.63, 3.8) is 0 Å². The number of anilines is 1. The van der Waals surface area contributed by atoms with Crippen molar-refractivity contribution in [1.82, 2.24) is 15.2 Å². The van der Waals surface area contributed by atoms with Gasteiger partial charge in [-0.2, -0.15) is 0 Å². The van der Waals surface area contributed by atoms with E-state index in [0.29, 0.717) is 19.0 Å². The van der Waals surface area contributed by atoms with E-state index in [9.17, 15) is 9.59 Å². The normalized spacial score (nSPS) is 10.7. The van der Waals surface area contributed by atoms with E-state index in [1.54, 1.807) is 4.90 Å². The van der Waals surface area contributed by atoms with E-state index in [-0.39, 0.29) is 24.2 Å². The van der Waals surface area contributed by atoms with Gasteiger partial charge in [-0.1, -0.05) is 50.2 Å². The van der Waals surface area contributed by atoms with Gasteiger partial charge in [-0.25, -0.2) is 9.78 Å². The summed E-state index contributed by atoms with van der Waals surface area (Å²) in [5.41, 5.74) is 0.973. The van der Waals surface area contributed by atoms with Crippen molar-refractivity contribution in [2.24, 2.45) is 0 Å². The number of benzene rings is 2. The van der Waals surface area contributed by atoms with E-state index in [2.05, 4.69) is 15.6 Å². The van der Waals surface area contributed by atoms with E-state index in [1.165, 1.54) is 6.26 Å². The zero-order chi connectivity index (χ0) is 20.6. The maximum absolute atomic E-state index is 12.9. The lowest BCUT2D eigenvalue weighted by Crippen LogP contribution is -2.35. The van der Waals surface area contributed by atoms with Crippen LogP contribution in [0.25, 0.3) is 10.8 Å². The van der Waals surface area contributed by atoms with Gasteiger partial charge in [0.25, 0.3) is 5.91 Å². The minimum atomic E-state index is -0.274. The number of oxazole rings is 1. The first kappa shape index (κ1) is 20.4. The van der Waals surface area contributed by atoms with Crippen LogP contribution >= 0.6 is 0 Å². The summed E-state index contributed by atoms with van der Waals surface area (Å²) in [6.07, 6.45) is 2.95. The molecule has 0 saturated heterocycles. The van der Waals surface area contributed by atoms with E-state index < -0.39 is 0 Å². The van der Waals surface area contributed by atoms with Crippen LogP contribution in [0, 0.1) is 0 Å². The fourth-order valence-electron chi connectivity index (χ4n) is 3.03. The molecule has 29 heavy (non-hydrogen) atoms. The van der Waals surface area contributed by atoms with Gasteiger partial charge in [-0.3, -0.25) is 4.79 Å². The van der Waals surface area contributed by atoms with E-state index >= 15 is 0 Å². The highest BCUT2D eigenvalue weighted by atomic mass is 16.3. The van der Waals surface area contributed by atoms with Crippen molar-refractivity contribution in [3.05, 3.63) is 60.3 Å². The van der Waals surface area contributed by atoms with Crippen LogP contribution in [-0.4, -0.2) is 34.9 Å². The molecule has 0 spiro atoms. The minimum absolute atomic E-state index is 0.186. The molecule has 3 amide bonds. The summed E-state index contributed by atoms with van der Waals surface area (Å²) in [4.78, 5) is 30.8. The molecule has 3 rings (SSSR count). The van der Waals surface area contributed by atoms with Crippen molar-refractivity contribution in [2.45, 2.75) is 33.2 Å². The monoisotopic (exact) mass is 394 g/mol. The Morgan fingerprint density at radius 2 is 1.86 bits per heavy atom. The quantitative estimate of drug-likeness (QED) is 0.592. The molecule has 0 aliphatic rings. The number of urea groups is 1. The molecule has 1 aromatic heterocycles. The van der Waals surface area contributed by atoms with Crippen molar-refractivity contribution >= 4 is 28.4 Å². The molecule has 0 radical (unpaired) electrons. The predicted octanol–water partition coefficient (Wildman–Crippen LogP) is 4.41. The summed E-state index contributed by atoms with van der Waals surface area (Å²) >= 11 is 0. The average molecular weight is 394 g/mol. The molecule has 7 heteroatoms. The number of rotatable bonds is 8. The Bertz CT molecular complexity index is 978. The zero-order valence-corrected chi connectivity index (χ0v) is 16.8. The van der Waals surface area contributed by atoms with Gasteiger partial charge in [0.2, 0.25) is 5.89 Å². The van der Waals surface area contributed by atoms with Gasteiger partial charge in [-0.15, -0.1) is 0 Å². The molecule has 0 aliphatic carbocycles. The number of hydrogen-bond donors (Lipinski definition) is 2. The maximum Gasteiger partial charge on any atom is 0.322 e. The summed E-state index contributed by atoms with van der Waals surface area (Å²) in [7, 11) is 0. The molecule has 2 N–H and O–H groups in total. The lowest BCUT2D eigenvalue weighted by Gasteiger charge is -2.21. The van der Waals surface area contributed by atoms with Crippen molar-refractivity contribution in [1.29, 1.82) is 0 Å². The van der Waals surface area contributed by atoms with Gasteiger partial charge in [0.15, 0.2) is 5.69 Å². The van der Waals surface area contributed by atoms with Crippen LogP contribution in [0.2, 0.25) is 0 Å². The average Bonchev–Trinajstić information content (AvgIpc) is 3.20. The molecule has 0 saturated carbocycles. The second-order valence-electron chi connectivity index (χ2n) is 6.76. The van der Waals surface area contributed by atoms with Crippen LogP contribution < -0.4 is 10.6 Å². The largest absolute Gasteiger partial charge is 0.446 e. The molecule has 2 aromatic carbocycles. The number of amides is 3. The van der Waals surface area contributed by atoms with Gasteiger partial charge in [0, 0.05) is 18.5 Å². The zero-order valence-electron chi connectivity index (χ0n) is 16.8. The molecule has 0 unspecified atom stereocenters. The number of aromatic nitrogens is 1. The molecule has 0 aliphatic heterocycles. The molecular formula is C22H26N4O3. The van der Waals surface area contributed by atoms with Crippen LogP contribution in [-0.2, 0) is 6.54 Å². The van der Waals surface area contributed by atoms with Gasteiger partial charge in [0.05, 0.1) is 12.2 Å². The first-order valence-electron chi connectivity index (χ1n) is 9.88. The fourth-order valence-corrected chi connectivity index (χ4v) is 3.03. The van der Waals surface area contributed by atoms with Crippen LogP contribution in [0.4, 0.5) is 10.5 Å². The molecule has 0 atom stereocenters. The predicted molar refractivity (Wildman–Crippen MR) is 113 cm³/mol. The number of fused-ring (bicyclic) bond motifs is 1. The molecule has 152 valence electrons. The lowest BCUT2D eigenvalue weighted by molar-refractivity contribution is 0.0948. The highest BCUT2D eigenvalue weighted by molar-refractivity contribution is 6.01. The molecule has 0 fully saturated rings. The molecule has 0 bridgehead atoms. The summed E-state index contributed by atoms with van der Waals surface area (Å²) in [5.74, 6) is 0.0530. The van der Waals surface area contributed by atoms with Crippen LogP contribution in [0.5, 0.6) is 0 Å². The molecule has 1 heterocycles. The second-order valence-corrected chi connectivity index (χ2v) is 6.76. The number of carbonyl (C=O) groups is 2. The third-order valence-electron chi connectivity index (χ3n) is 4.46. The topological polar surface area (TPSA) is 87.5 Å². The van der Waals surface area contributed by atoms with Crippen molar-refractivity contribution in [3.8, 4) is 0 Å². The number of nitrogens with zero attached hydrogens (tertiary/aromatic N) is 2. The number of hydrogen-bond acceptors (Lipinski definition) is 4. The Labute approximate surface area is 170 Å². The Kier molecular flexibility index (Phi) is 6.84. The Balaban J connectivity index is 1.71. The SMILES string of the molecule is CCCNC(=O)c1coc(CN(CCC)C(=O)Nc2cccc3ccccc23)n1. The van der Waals surface area contributed by atoms with Crippen molar-refractivity contribution in [2.75, 3.05) is 18.4 Å². The van der Waals surface area contributed by atoms with Crippen LogP contribution in [0.1, 0.15) is 43.1 Å².